The molecule has 0 fully saturated rings. The van der Waals surface area contributed by atoms with E-state index in [2.05, 4.69) is 15.6 Å². The molecule has 0 spiro atoms. The zero-order chi connectivity index (χ0) is 21.2. The number of aromatic nitrogens is 3. The summed E-state index contributed by atoms with van der Waals surface area (Å²) >= 11 is 0. The minimum Gasteiger partial charge on any atom is -0.347 e. The SMILES string of the molecule is O=C(NCc1cccc(C(F)(F)F)c1)c1cn(-c2ccccc2C(F)(F)F)nn1. The molecule has 0 aliphatic heterocycles. The van der Waals surface area contributed by atoms with Crippen molar-refractivity contribution in [3.05, 3.63) is 77.1 Å². The Bertz CT molecular complexity index is 1030. The van der Waals surface area contributed by atoms with Gasteiger partial charge in [0.05, 0.1) is 23.0 Å². The van der Waals surface area contributed by atoms with Crippen LogP contribution in [0.2, 0.25) is 0 Å². The fourth-order valence-corrected chi connectivity index (χ4v) is 2.53. The number of nitrogens with zero attached hydrogens (tertiary/aromatic N) is 3. The number of nitrogens with one attached hydrogen (secondary N) is 1. The van der Waals surface area contributed by atoms with Crippen molar-refractivity contribution >= 4 is 5.91 Å². The molecule has 1 aromatic heterocycles. The number of hydrogen-bond donors (Lipinski definition) is 1. The molecule has 152 valence electrons. The number of carbonyl (C=O) groups excluding carboxylic acids is 1. The standard InChI is InChI=1S/C18H12F6N4O/c19-17(20,21)12-5-3-4-11(8-12)9-25-16(29)14-10-28(27-26-14)15-7-2-1-6-13(15)18(22,23)24/h1-8,10H,9H2,(H,25,29). The average molecular weight is 414 g/mol. The van der Waals surface area contributed by atoms with Gasteiger partial charge in [0.1, 0.15) is 0 Å². The number of halogens is 6. The Kier molecular flexibility index (Phi) is 5.31. The third kappa shape index (κ3) is 4.73. The number of amides is 1. The highest BCUT2D eigenvalue weighted by Crippen LogP contribution is 2.33. The number of rotatable bonds is 4. The number of benzene rings is 2. The molecule has 29 heavy (non-hydrogen) atoms. The van der Waals surface area contributed by atoms with Crippen molar-refractivity contribution in [3.8, 4) is 5.69 Å². The average Bonchev–Trinajstić information content (AvgIpc) is 3.15. The van der Waals surface area contributed by atoms with Gasteiger partial charge < -0.3 is 5.32 Å². The molecule has 3 aromatic rings. The van der Waals surface area contributed by atoms with E-state index in [1.165, 1.54) is 30.3 Å². The van der Waals surface area contributed by atoms with E-state index in [-0.39, 0.29) is 23.5 Å². The largest absolute Gasteiger partial charge is 0.418 e. The maximum Gasteiger partial charge on any atom is 0.418 e. The Morgan fingerprint density at radius 3 is 2.38 bits per heavy atom. The first-order valence-electron chi connectivity index (χ1n) is 8.09. The predicted octanol–water partition coefficient (Wildman–Crippen LogP) is 4.23. The summed E-state index contributed by atoms with van der Waals surface area (Å²) in [5.74, 6) is -0.793. The van der Waals surface area contributed by atoms with E-state index in [0.29, 0.717) is 0 Å². The molecule has 0 radical (unpaired) electrons. The summed E-state index contributed by atoms with van der Waals surface area (Å²) in [6, 6.07) is 9.00. The number of alkyl halides is 6. The van der Waals surface area contributed by atoms with Crippen molar-refractivity contribution in [2.24, 2.45) is 0 Å². The minimum atomic E-state index is -4.63. The third-order valence-corrected chi connectivity index (χ3v) is 3.89. The number of carbonyl (C=O) groups is 1. The van der Waals surface area contributed by atoms with Gasteiger partial charge in [-0.2, -0.15) is 26.3 Å². The summed E-state index contributed by atoms with van der Waals surface area (Å²) in [5.41, 5.74) is -2.22. The normalized spacial score (nSPS) is 12.1. The molecule has 5 nitrogen and oxygen atoms in total. The van der Waals surface area contributed by atoms with Gasteiger partial charge in [0.2, 0.25) is 0 Å². The van der Waals surface area contributed by atoms with Crippen LogP contribution in [-0.2, 0) is 18.9 Å². The number of para-hydroxylation sites is 1. The van der Waals surface area contributed by atoms with E-state index in [0.717, 1.165) is 29.1 Å². The second kappa shape index (κ2) is 7.57. The lowest BCUT2D eigenvalue weighted by Gasteiger charge is -2.11. The van der Waals surface area contributed by atoms with Gasteiger partial charge in [-0.15, -0.1) is 5.10 Å². The van der Waals surface area contributed by atoms with Crippen LogP contribution in [0.5, 0.6) is 0 Å². The Morgan fingerprint density at radius 2 is 1.69 bits per heavy atom. The zero-order valence-corrected chi connectivity index (χ0v) is 14.4. The molecule has 1 N–H and O–H groups in total. The summed E-state index contributed by atoms with van der Waals surface area (Å²) in [5, 5.41) is 9.44. The highest BCUT2D eigenvalue weighted by Gasteiger charge is 2.34. The first kappa shape index (κ1) is 20.4. The highest BCUT2D eigenvalue weighted by molar-refractivity contribution is 5.91. The van der Waals surface area contributed by atoms with Crippen molar-refractivity contribution in [1.82, 2.24) is 20.3 Å². The lowest BCUT2D eigenvalue weighted by Crippen LogP contribution is -2.23. The van der Waals surface area contributed by atoms with E-state index in [4.69, 9.17) is 0 Å². The fourth-order valence-electron chi connectivity index (χ4n) is 2.53. The van der Waals surface area contributed by atoms with Gasteiger partial charge >= 0.3 is 12.4 Å². The van der Waals surface area contributed by atoms with Gasteiger partial charge in [-0.3, -0.25) is 4.79 Å². The number of hydrogen-bond acceptors (Lipinski definition) is 3. The van der Waals surface area contributed by atoms with Crippen molar-refractivity contribution in [1.29, 1.82) is 0 Å². The van der Waals surface area contributed by atoms with E-state index in [1.54, 1.807) is 0 Å². The van der Waals surface area contributed by atoms with E-state index in [9.17, 15) is 31.1 Å². The lowest BCUT2D eigenvalue weighted by atomic mass is 10.1. The molecule has 11 heteroatoms. The van der Waals surface area contributed by atoms with Crippen molar-refractivity contribution < 1.29 is 31.1 Å². The van der Waals surface area contributed by atoms with Crippen molar-refractivity contribution in [3.63, 3.8) is 0 Å². The molecule has 0 aliphatic rings. The van der Waals surface area contributed by atoms with Crippen LogP contribution in [0.1, 0.15) is 27.2 Å². The first-order chi connectivity index (χ1) is 13.6. The van der Waals surface area contributed by atoms with Gasteiger partial charge in [0.15, 0.2) is 5.69 Å². The second-order valence-electron chi connectivity index (χ2n) is 5.94. The van der Waals surface area contributed by atoms with Gasteiger partial charge in [0.25, 0.3) is 5.91 Å². The summed E-state index contributed by atoms with van der Waals surface area (Å²) in [7, 11) is 0. The van der Waals surface area contributed by atoms with Gasteiger partial charge in [-0.1, -0.05) is 29.5 Å². The molecular formula is C18H12F6N4O. The molecule has 0 saturated carbocycles. The van der Waals surface area contributed by atoms with Crippen LogP contribution in [0.3, 0.4) is 0 Å². The molecule has 0 atom stereocenters. The Hall–Kier alpha value is -3.37. The van der Waals surface area contributed by atoms with Crippen LogP contribution in [0.25, 0.3) is 5.69 Å². The summed E-state index contributed by atoms with van der Waals surface area (Å²) < 4.78 is 78.3. The predicted molar refractivity (Wildman–Crippen MR) is 89.0 cm³/mol. The third-order valence-electron chi connectivity index (χ3n) is 3.89. The molecule has 0 unspecified atom stereocenters. The van der Waals surface area contributed by atoms with Crippen LogP contribution >= 0.6 is 0 Å². The summed E-state index contributed by atoms with van der Waals surface area (Å²) in [6.45, 7) is -0.227. The Morgan fingerprint density at radius 1 is 0.966 bits per heavy atom. The van der Waals surface area contributed by atoms with Crippen molar-refractivity contribution in [2.45, 2.75) is 18.9 Å². The Balaban J connectivity index is 1.75. The molecule has 0 bridgehead atoms. The highest BCUT2D eigenvalue weighted by atomic mass is 19.4. The van der Waals surface area contributed by atoms with Crippen LogP contribution in [0.4, 0.5) is 26.3 Å². The second-order valence-corrected chi connectivity index (χ2v) is 5.94. The van der Waals surface area contributed by atoms with Crippen molar-refractivity contribution in [2.75, 3.05) is 0 Å². The van der Waals surface area contributed by atoms with Crippen LogP contribution in [0, 0.1) is 0 Å². The molecule has 1 heterocycles. The maximum absolute atomic E-state index is 13.1. The molecule has 3 rings (SSSR count). The minimum absolute atomic E-state index is 0.197. The van der Waals surface area contributed by atoms with Gasteiger partial charge in [-0.05, 0) is 29.8 Å². The van der Waals surface area contributed by atoms with Crippen LogP contribution < -0.4 is 5.32 Å². The van der Waals surface area contributed by atoms with Gasteiger partial charge in [0, 0.05) is 6.54 Å². The summed E-state index contributed by atoms with van der Waals surface area (Å²) in [4.78, 5) is 12.2. The molecule has 0 saturated heterocycles. The van der Waals surface area contributed by atoms with E-state index in [1.807, 2.05) is 0 Å². The molecule has 2 aromatic carbocycles. The van der Waals surface area contributed by atoms with Gasteiger partial charge in [-0.25, -0.2) is 4.68 Å². The topological polar surface area (TPSA) is 59.8 Å². The lowest BCUT2D eigenvalue weighted by molar-refractivity contribution is -0.138. The monoisotopic (exact) mass is 414 g/mol. The zero-order valence-electron chi connectivity index (χ0n) is 14.4. The molecular weight excluding hydrogens is 402 g/mol. The quantitative estimate of drug-likeness (QED) is 0.650. The fraction of sp³-hybridized carbons (Fsp3) is 0.167. The van der Waals surface area contributed by atoms with Crippen LogP contribution in [-0.4, -0.2) is 20.9 Å². The Labute approximate surface area is 160 Å². The molecule has 0 aliphatic carbocycles. The molecule has 1 amide bonds. The first-order valence-corrected chi connectivity index (χ1v) is 8.09. The maximum atomic E-state index is 13.1. The van der Waals surface area contributed by atoms with Crippen LogP contribution in [0.15, 0.2) is 54.7 Å². The smallest absolute Gasteiger partial charge is 0.347 e. The van der Waals surface area contributed by atoms with E-state index >= 15 is 0 Å². The van der Waals surface area contributed by atoms with E-state index < -0.39 is 29.4 Å². The summed E-state index contributed by atoms with van der Waals surface area (Å²) in [6.07, 6.45) is -8.14.